The molecule has 96 valence electrons. The van der Waals surface area contributed by atoms with E-state index in [0.29, 0.717) is 0 Å². The number of fused-ring (bicyclic) bond motifs is 1. The van der Waals surface area contributed by atoms with E-state index in [4.69, 9.17) is 0 Å². The van der Waals surface area contributed by atoms with E-state index in [1.54, 1.807) is 0 Å². The Morgan fingerprint density at radius 1 is 0.700 bits per heavy atom. The van der Waals surface area contributed by atoms with Crippen molar-refractivity contribution >= 4 is 29.2 Å². The molecule has 20 heavy (non-hydrogen) atoms. The van der Waals surface area contributed by atoms with Crippen molar-refractivity contribution in [3.05, 3.63) is 83.4 Å². The van der Waals surface area contributed by atoms with Gasteiger partial charge in [0.25, 0.3) is 0 Å². The van der Waals surface area contributed by atoms with E-state index < -0.39 is 0 Å². The largest absolute Gasteiger partial charge is 0.298 e. The molecule has 0 atom stereocenters. The molecule has 0 aromatic heterocycles. The van der Waals surface area contributed by atoms with E-state index in [2.05, 4.69) is 6.07 Å². The Balaban J connectivity index is 2.14. The molecule has 1 heteroatoms. The minimum Gasteiger partial charge on any atom is -0.298 e. The van der Waals surface area contributed by atoms with Crippen LogP contribution in [0.5, 0.6) is 0 Å². The Hall–Kier alpha value is -2.67. The molecule has 0 aliphatic carbocycles. The summed E-state index contributed by atoms with van der Waals surface area (Å²) in [6.07, 6.45) is 4.97. The Labute approximate surface area is 118 Å². The molecule has 0 N–H and O–H groups in total. The molecular weight excluding hydrogens is 244 g/mol. The molecule has 3 rings (SSSR count). The zero-order valence-electron chi connectivity index (χ0n) is 11.0. The fourth-order valence-electron chi connectivity index (χ4n) is 2.34. The van der Waals surface area contributed by atoms with E-state index in [1.807, 2.05) is 72.8 Å². The molecule has 0 unspecified atom stereocenters. The van der Waals surface area contributed by atoms with Gasteiger partial charge in [0.1, 0.15) is 0 Å². The lowest BCUT2D eigenvalue weighted by atomic mass is 9.98. The number of carbonyl (C=O) groups excluding carboxylic acids is 1. The second-order valence-corrected chi connectivity index (χ2v) is 4.65. The first-order valence-electron chi connectivity index (χ1n) is 6.58. The molecular formula is C19H14O. The molecule has 0 amide bonds. The van der Waals surface area contributed by atoms with Crippen LogP contribution in [0.4, 0.5) is 0 Å². The van der Waals surface area contributed by atoms with Crippen molar-refractivity contribution in [3.8, 4) is 0 Å². The fourth-order valence-corrected chi connectivity index (χ4v) is 2.34. The number of rotatable bonds is 3. The smallest absolute Gasteiger partial charge is 0.150 e. The molecule has 3 aromatic rings. The third-order valence-corrected chi connectivity index (χ3v) is 3.37. The van der Waals surface area contributed by atoms with Gasteiger partial charge in [0.05, 0.1) is 0 Å². The Bertz CT molecular complexity index is 770. The van der Waals surface area contributed by atoms with Crippen LogP contribution in [0, 0.1) is 0 Å². The highest BCUT2D eigenvalue weighted by molar-refractivity contribution is 5.99. The monoisotopic (exact) mass is 258 g/mol. The lowest BCUT2D eigenvalue weighted by Gasteiger charge is -2.05. The van der Waals surface area contributed by atoms with Crippen molar-refractivity contribution in [1.82, 2.24) is 0 Å². The zero-order valence-corrected chi connectivity index (χ0v) is 11.0. The summed E-state index contributed by atoms with van der Waals surface area (Å²) < 4.78 is 0. The molecule has 0 spiro atoms. The van der Waals surface area contributed by atoms with Crippen LogP contribution in [-0.2, 0) is 0 Å². The van der Waals surface area contributed by atoms with Crippen LogP contribution in [0.15, 0.2) is 66.7 Å². The summed E-state index contributed by atoms with van der Waals surface area (Å²) in [5, 5.41) is 2.25. The molecule has 1 nitrogen and oxygen atoms in total. The normalized spacial score (nSPS) is 11.0. The summed E-state index contributed by atoms with van der Waals surface area (Å²) in [7, 11) is 0. The lowest BCUT2D eigenvalue weighted by Crippen LogP contribution is -1.88. The third kappa shape index (κ3) is 2.39. The SMILES string of the molecule is O=Cc1ccc2ccccc2c1/C=C/c1ccccc1. The molecule has 0 bridgehead atoms. The predicted octanol–water partition coefficient (Wildman–Crippen LogP) is 4.82. The molecule has 0 heterocycles. The van der Waals surface area contributed by atoms with Crippen molar-refractivity contribution in [3.63, 3.8) is 0 Å². The Morgan fingerprint density at radius 2 is 1.45 bits per heavy atom. The van der Waals surface area contributed by atoms with E-state index in [1.165, 1.54) is 0 Å². The van der Waals surface area contributed by atoms with E-state index in [-0.39, 0.29) is 0 Å². The van der Waals surface area contributed by atoms with Gasteiger partial charge in [-0.2, -0.15) is 0 Å². The van der Waals surface area contributed by atoms with Crippen LogP contribution in [-0.4, -0.2) is 6.29 Å². The van der Waals surface area contributed by atoms with Crippen LogP contribution in [0.25, 0.3) is 22.9 Å². The van der Waals surface area contributed by atoms with Crippen LogP contribution < -0.4 is 0 Å². The molecule has 0 radical (unpaired) electrons. The summed E-state index contributed by atoms with van der Waals surface area (Å²) >= 11 is 0. The highest BCUT2D eigenvalue weighted by Crippen LogP contribution is 2.23. The second kappa shape index (κ2) is 5.54. The number of hydrogen-bond donors (Lipinski definition) is 0. The van der Waals surface area contributed by atoms with E-state index in [0.717, 1.165) is 33.7 Å². The molecule has 0 aliphatic rings. The minimum absolute atomic E-state index is 0.718. The first-order chi connectivity index (χ1) is 9.88. The van der Waals surface area contributed by atoms with Crippen molar-refractivity contribution in [2.75, 3.05) is 0 Å². The molecule has 3 aromatic carbocycles. The first kappa shape index (κ1) is 12.4. The predicted molar refractivity (Wildman–Crippen MR) is 84.7 cm³/mol. The maximum Gasteiger partial charge on any atom is 0.150 e. The van der Waals surface area contributed by atoms with Gasteiger partial charge >= 0.3 is 0 Å². The first-order valence-corrected chi connectivity index (χ1v) is 6.58. The van der Waals surface area contributed by atoms with Crippen LogP contribution in [0.2, 0.25) is 0 Å². The highest BCUT2D eigenvalue weighted by atomic mass is 16.1. The summed E-state index contributed by atoms with van der Waals surface area (Å²) in [5.41, 5.74) is 2.81. The standard InChI is InChI=1S/C19H14O/c20-14-17-12-11-16-8-4-5-9-18(16)19(17)13-10-15-6-2-1-3-7-15/h1-14H/b13-10+. The molecule has 0 saturated carbocycles. The highest BCUT2D eigenvalue weighted by Gasteiger charge is 2.03. The van der Waals surface area contributed by atoms with Gasteiger partial charge in [0.2, 0.25) is 0 Å². The zero-order chi connectivity index (χ0) is 13.8. The number of hydrogen-bond acceptors (Lipinski definition) is 1. The van der Waals surface area contributed by atoms with Crippen molar-refractivity contribution in [2.24, 2.45) is 0 Å². The van der Waals surface area contributed by atoms with Gasteiger partial charge in [-0.05, 0) is 21.9 Å². The molecule has 0 saturated heterocycles. The van der Waals surface area contributed by atoms with Crippen LogP contribution in [0.1, 0.15) is 21.5 Å². The minimum atomic E-state index is 0.718. The van der Waals surface area contributed by atoms with Crippen molar-refractivity contribution in [1.29, 1.82) is 0 Å². The maximum absolute atomic E-state index is 11.2. The third-order valence-electron chi connectivity index (χ3n) is 3.37. The Morgan fingerprint density at radius 3 is 2.25 bits per heavy atom. The van der Waals surface area contributed by atoms with Crippen LogP contribution in [0.3, 0.4) is 0 Å². The van der Waals surface area contributed by atoms with Gasteiger partial charge < -0.3 is 0 Å². The van der Waals surface area contributed by atoms with Gasteiger partial charge in [0, 0.05) is 5.56 Å². The maximum atomic E-state index is 11.2. The van der Waals surface area contributed by atoms with Gasteiger partial charge in [0.15, 0.2) is 6.29 Å². The fraction of sp³-hybridized carbons (Fsp3) is 0. The van der Waals surface area contributed by atoms with Gasteiger partial charge in [-0.15, -0.1) is 0 Å². The number of benzene rings is 3. The van der Waals surface area contributed by atoms with Crippen LogP contribution >= 0.6 is 0 Å². The average Bonchev–Trinajstić information content (AvgIpc) is 2.53. The van der Waals surface area contributed by atoms with Gasteiger partial charge in [-0.1, -0.05) is 78.9 Å². The topological polar surface area (TPSA) is 17.1 Å². The second-order valence-electron chi connectivity index (χ2n) is 4.65. The van der Waals surface area contributed by atoms with Gasteiger partial charge in [-0.3, -0.25) is 4.79 Å². The Kier molecular flexibility index (Phi) is 3.42. The summed E-state index contributed by atoms with van der Waals surface area (Å²) in [6.45, 7) is 0. The molecule has 0 aliphatic heterocycles. The summed E-state index contributed by atoms with van der Waals surface area (Å²) in [5.74, 6) is 0. The average molecular weight is 258 g/mol. The quantitative estimate of drug-likeness (QED) is 0.486. The summed E-state index contributed by atoms with van der Waals surface area (Å²) in [6, 6.07) is 22.1. The lowest BCUT2D eigenvalue weighted by molar-refractivity contribution is 0.112. The summed E-state index contributed by atoms with van der Waals surface area (Å²) in [4.78, 5) is 11.2. The van der Waals surface area contributed by atoms with E-state index >= 15 is 0 Å². The van der Waals surface area contributed by atoms with Crippen molar-refractivity contribution < 1.29 is 4.79 Å². The van der Waals surface area contributed by atoms with E-state index in [9.17, 15) is 4.79 Å². The molecule has 0 fully saturated rings. The number of aldehydes is 1. The van der Waals surface area contributed by atoms with Crippen molar-refractivity contribution in [2.45, 2.75) is 0 Å². The number of carbonyl (C=O) groups is 1. The van der Waals surface area contributed by atoms with Gasteiger partial charge in [-0.25, -0.2) is 0 Å².